The number of aromatic nitrogens is 1. The molecule has 0 amide bonds. The second-order valence-electron chi connectivity index (χ2n) is 9.60. The Morgan fingerprint density at radius 2 is 1.97 bits per heavy atom. The number of aryl methyl sites for hydroxylation is 1. The molecule has 2 aromatic carbocycles. The van der Waals surface area contributed by atoms with E-state index in [1.165, 1.54) is 49.5 Å². The van der Waals surface area contributed by atoms with Crippen molar-refractivity contribution in [2.24, 2.45) is 0 Å². The first-order chi connectivity index (χ1) is 17.1. The summed E-state index contributed by atoms with van der Waals surface area (Å²) in [6, 6.07) is 15.5. The molecule has 3 heterocycles. The Morgan fingerprint density at radius 1 is 1.11 bits per heavy atom. The van der Waals surface area contributed by atoms with Gasteiger partial charge in [0.25, 0.3) is 0 Å². The van der Waals surface area contributed by atoms with Crippen LogP contribution in [-0.4, -0.2) is 41.5 Å². The molecular formula is C28H33ClFN5. The Kier molecular flexibility index (Phi) is 7.51. The second-order valence-corrected chi connectivity index (χ2v) is 10.0. The molecule has 1 fully saturated rings. The fourth-order valence-corrected chi connectivity index (χ4v) is 5.39. The summed E-state index contributed by atoms with van der Waals surface area (Å²) in [6.45, 7) is 3.63. The molecule has 2 N–H and O–H groups in total. The van der Waals surface area contributed by atoms with Gasteiger partial charge >= 0.3 is 0 Å². The van der Waals surface area contributed by atoms with Crippen LogP contribution < -0.4 is 10.6 Å². The summed E-state index contributed by atoms with van der Waals surface area (Å²) in [5.74, 6) is -0.416. The predicted molar refractivity (Wildman–Crippen MR) is 141 cm³/mol. The highest BCUT2D eigenvalue weighted by Gasteiger charge is 2.33. The lowest BCUT2D eigenvalue weighted by Crippen LogP contribution is -2.41. The van der Waals surface area contributed by atoms with E-state index >= 15 is 0 Å². The van der Waals surface area contributed by atoms with E-state index in [0.29, 0.717) is 0 Å². The molecule has 2 aliphatic heterocycles. The van der Waals surface area contributed by atoms with Crippen molar-refractivity contribution in [1.82, 2.24) is 14.8 Å². The molecule has 1 saturated heterocycles. The lowest BCUT2D eigenvalue weighted by molar-refractivity contribution is 0.200. The van der Waals surface area contributed by atoms with Crippen LogP contribution in [0.3, 0.4) is 0 Å². The lowest BCUT2D eigenvalue weighted by atomic mass is 9.98. The quantitative estimate of drug-likeness (QED) is 0.395. The number of likely N-dealkylation sites (tertiary alicyclic amines) is 1. The van der Waals surface area contributed by atoms with Crippen LogP contribution in [0.25, 0.3) is 0 Å². The molecule has 35 heavy (non-hydrogen) atoms. The molecule has 1 aromatic heterocycles. The molecular weight excluding hydrogens is 461 g/mol. The molecule has 184 valence electrons. The minimum absolute atomic E-state index is 0.0606. The Bertz CT molecular complexity index is 1140. The third-order valence-electron chi connectivity index (χ3n) is 7.13. The zero-order valence-corrected chi connectivity index (χ0v) is 20.9. The highest BCUT2D eigenvalue weighted by atomic mass is 35.5. The van der Waals surface area contributed by atoms with E-state index in [2.05, 4.69) is 56.7 Å². The van der Waals surface area contributed by atoms with Gasteiger partial charge in [-0.15, -0.1) is 0 Å². The van der Waals surface area contributed by atoms with Gasteiger partial charge in [-0.2, -0.15) is 0 Å². The van der Waals surface area contributed by atoms with Gasteiger partial charge in [0.15, 0.2) is 0 Å². The molecule has 0 bridgehead atoms. The number of rotatable bonds is 7. The fourth-order valence-electron chi connectivity index (χ4n) is 5.21. The number of pyridine rings is 1. The van der Waals surface area contributed by atoms with Gasteiger partial charge < -0.3 is 15.5 Å². The maximum Gasteiger partial charge on any atom is 0.141 e. The van der Waals surface area contributed by atoms with E-state index in [9.17, 15) is 4.39 Å². The maximum absolute atomic E-state index is 13.8. The highest BCUT2D eigenvalue weighted by molar-refractivity contribution is 6.31. The van der Waals surface area contributed by atoms with Crippen molar-refractivity contribution >= 4 is 23.0 Å². The first-order valence-electron chi connectivity index (χ1n) is 12.5. The van der Waals surface area contributed by atoms with Crippen LogP contribution in [0, 0.1) is 5.82 Å². The average molecular weight is 494 g/mol. The molecule has 5 nitrogen and oxygen atoms in total. The second kappa shape index (κ2) is 10.9. The van der Waals surface area contributed by atoms with Crippen LogP contribution in [0.15, 0.2) is 60.9 Å². The van der Waals surface area contributed by atoms with E-state index in [-0.39, 0.29) is 17.4 Å². The normalized spacial score (nSPS) is 20.8. The minimum Gasteiger partial charge on any atom is -0.366 e. The summed E-state index contributed by atoms with van der Waals surface area (Å²) in [5.41, 5.74) is 5.45. The van der Waals surface area contributed by atoms with E-state index in [1.807, 2.05) is 12.3 Å². The van der Waals surface area contributed by atoms with Gasteiger partial charge in [0.05, 0.1) is 5.02 Å². The van der Waals surface area contributed by atoms with E-state index in [4.69, 9.17) is 11.6 Å². The first-order valence-corrected chi connectivity index (χ1v) is 12.9. The van der Waals surface area contributed by atoms with Gasteiger partial charge in [-0.05, 0) is 88.3 Å². The zero-order valence-electron chi connectivity index (χ0n) is 20.2. The summed E-state index contributed by atoms with van der Waals surface area (Å²) in [6.07, 6.45) is 9.73. The molecule has 5 rings (SSSR count). The summed E-state index contributed by atoms with van der Waals surface area (Å²) < 4.78 is 13.8. The predicted octanol–water partition coefficient (Wildman–Crippen LogP) is 6.46. The third-order valence-corrected chi connectivity index (χ3v) is 7.42. The number of piperidine rings is 1. The molecule has 0 spiro atoms. The summed E-state index contributed by atoms with van der Waals surface area (Å²) >= 11 is 6.09. The van der Waals surface area contributed by atoms with Crippen molar-refractivity contribution in [1.29, 1.82) is 0 Å². The van der Waals surface area contributed by atoms with Gasteiger partial charge in [0, 0.05) is 34.9 Å². The minimum atomic E-state index is -0.416. The highest BCUT2D eigenvalue weighted by Crippen LogP contribution is 2.40. The third kappa shape index (κ3) is 5.61. The van der Waals surface area contributed by atoms with Crippen molar-refractivity contribution in [3.8, 4) is 0 Å². The number of halogens is 2. The molecule has 0 saturated carbocycles. The molecule has 2 atom stereocenters. The number of nitrogens with one attached hydrogen (secondary N) is 2. The molecule has 0 radical (unpaired) electrons. The number of anilines is 2. The van der Waals surface area contributed by atoms with Crippen molar-refractivity contribution in [3.63, 3.8) is 0 Å². The van der Waals surface area contributed by atoms with E-state index in [0.717, 1.165) is 36.3 Å². The zero-order chi connectivity index (χ0) is 24.2. The Hall–Kier alpha value is -2.67. The Balaban J connectivity index is 1.40. The van der Waals surface area contributed by atoms with Crippen LogP contribution in [0.2, 0.25) is 5.02 Å². The summed E-state index contributed by atoms with van der Waals surface area (Å²) in [4.78, 5) is 9.16. The van der Waals surface area contributed by atoms with Gasteiger partial charge in [-0.1, -0.05) is 36.2 Å². The fraction of sp³-hybridized carbons (Fsp3) is 0.393. The van der Waals surface area contributed by atoms with Gasteiger partial charge in [-0.3, -0.25) is 9.88 Å². The van der Waals surface area contributed by atoms with Crippen molar-refractivity contribution < 1.29 is 4.39 Å². The molecule has 7 heteroatoms. The largest absolute Gasteiger partial charge is 0.366 e. The Morgan fingerprint density at radius 3 is 2.74 bits per heavy atom. The summed E-state index contributed by atoms with van der Waals surface area (Å²) in [7, 11) is 2.08. The Labute approximate surface area is 212 Å². The van der Waals surface area contributed by atoms with E-state index < -0.39 is 5.82 Å². The number of nitrogens with zero attached hydrogens (tertiary/aromatic N) is 3. The number of hydrogen-bond donors (Lipinski definition) is 2. The molecule has 2 aliphatic rings. The SMILES string of the molecule is CN1C(c2cccnc2)Nc2ccc(CCCN3CCCCC3)cc2C1Nc1ccc(F)c(Cl)c1. The first kappa shape index (κ1) is 24.0. The number of fused-ring (bicyclic) bond motifs is 1. The lowest BCUT2D eigenvalue weighted by Gasteiger charge is -2.42. The number of benzene rings is 2. The molecule has 3 aromatic rings. The topological polar surface area (TPSA) is 43.4 Å². The van der Waals surface area contributed by atoms with Gasteiger partial charge in [0.2, 0.25) is 0 Å². The van der Waals surface area contributed by atoms with Crippen LogP contribution in [0.4, 0.5) is 15.8 Å². The van der Waals surface area contributed by atoms with Crippen molar-refractivity contribution in [3.05, 3.63) is 88.5 Å². The maximum atomic E-state index is 13.8. The van der Waals surface area contributed by atoms with E-state index in [1.54, 1.807) is 18.3 Å². The smallest absolute Gasteiger partial charge is 0.141 e. The van der Waals surface area contributed by atoms with Crippen LogP contribution in [0.1, 0.15) is 54.7 Å². The van der Waals surface area contributed by atoms with Crippen molar-refractivity contribution in [2.75, 3.05) is 37.3 Å². The molecule has 0 aliphatic carbocycles. The molecule has 2 unspecified atom stereocenters. The van der Waals surface area contributed by atoms with Crippen LogP contribution >= 0.6 is 11.6 Å². The average Bonchev–Trinajstić information content (AvgIpc) is 2.89. The van der Waals surface area contributed by atoms with Crippen LogP contribution in [-0.2, 0) is 6.42 Å². The van der Waals surface area contributed by atoms with Gasteiger partial charge in [0.1, 0.15) is 18.1 Å². The summed E-state index contributed by atoms with van der Waals surface area (Å²) in [5, 5.41) is 7.39. The number of hydrogen-bond acceptors (Lipinski definition) is 5. The van der Waals surface area contributed by atoms with Crippen molar-refractivity contribution in [2.45, 2.75) is 44.4 Å². The van der Waals surface area contributed by atoms with Gasteiger partial charge in [-0.25, -0.2) is 4.39 Å². The standard InChI is InChI=1S/C28H33ClFN5/c1-34-27(21-8-5-13-31-19-21)33-26-12-9-20(7-6-16-35-14-3-2-4-15-35)17-23(26)28(34)32-22-10-11-25(30)24(29)18-22/h5,8-13,17-19,27-28,32-33H,2-4,6-7,14-16H2,1H3. The monoisotopic (exact) mass is 493 g/mol. The van der Waals surface area contributed by atoms with Crippen LogP contribution in [0.5, 0.6) is 0 Å².